The largest absolute Gasteiger partial charge is 0.395 e. The minimum atomic E-state index is -0.0330. The lowest BCUT2D eigenvalue weighted by atomic mass is 9.86. The first-order valence-electron chi connectivity index (χ1n) is 3.29. The molecular weight excluding hydrogens is 112 g/mol. The highest BCUT2D eigenvalue weighted by Crippen LogP contribution is 2.23. The first-order chi connectivity index (χ1) is 4.04. The van der Waals surface area contributed by atoms with E-state index in [2.05, 4.69) is 0 Å². The Hall–Kier alpha value is -0.300. The van der Waals surface area contributed by atoms with Crippen LogP contribution in [0.25, 0.3) is 0 Å². The van der Waals surface area contributed by atoms with Crippen molar-refractivity contribution in [3.05, 3.63) is 11.6 Å². The fourth-order valence-electron chi connectivity index (χ4n) is 0.515. The number of hydrogen-bond donors (Lipinski definition) is 1. The topological polar surface area (TPSA) is 20.2 Å². The van der Waals surface area contributed by atoms with Crippen LogP contribution in [0.15, 0.2) is 11.6 Å². The Morgan fingerprint density at radius 1 is 1.56 bits per heavy atom. The molecule has 1 heteroatoms. The van der Waals surface area contributed by atoms with Gasteiger partial charge in [0.2, 0.25) is 0 Å². The second kappa shape index (κ2) is 3.02. The van der Waals surface area contributed by atoms with Gasteiger partial charge in [0.15, 0.2) is 0 Å². The number of aliphatic hydroxyl groups is 1. The average Bonchev–Trinajstić information content (AvgIpc) is 1.86. The van der Waals surface area contributed by atoms with Crippen LogP contribution in [0.5, 0.6) is 0 Å². The van der Waals surface area contributed by atoms with Gasteiger partial charge < -0.3 is 5.11 Å². The van der Waals surface area contributed by atoms with Gasteiger partial charge in [0.05, 0.1) is 6.61 Å². The molecule has 0 atom stereocenters. The molecule has 0 saturated heterocycles. The molecule has 0 heterocycles. The van der Waals surface area contributed by atoms with Crippen molar-refractivity contribution >= 4 is 0 Å². The van der Waals surface area contributed by atoms with Gasteiger partial charge >= 0.3 is 0 Å². The normalized spacial score (nSPS) is 14.1. The Morgan fingerprint density at radius 3 is 2.11 bits per heavy atom. The summed E-state index contributed by atoms with van der Waals surface area (Å²) in [7, 11) is 0. The molecule has 0 fully saturated rings. The minimum absolute atomic E-state index is 0.0330. The maximum absolute atomic E-state index is 8.85. The van der Waals surface area contributed by atoms with Crippen molar-refractivity contribution in [1.82, 2.24) is 0 Å². The van der Waals surface area contributed by atoms with Crippen LogP contribution in [-0.4, -0.2) is 11.7 Å². The molecule has 0 aliphatic heterocycles. The number of aliphatic hydroxyl groups excluding tert-OH is 1. The second-order valence-corrected chi connectivity index (χ2v) is 3.01. The quantitative estimate of drug-likeness (QED) is 0.564. The number of hydrogen-bond acceptors (Lipinski definition) is 1. The molecule has 0 aromatic carbocycles. The van der Waals surface area contributed by atoms with Gasteiger partial charge in [0.25, 0.3) is 0 Å². The second-order valence-electron chi connectivity index (χ2n) is 3.01. The summed E-state index contributed by atoms with van der Waals surface area (Å²) >= 11 is 0. The van der Waals surface area contributed by atoms with Gasteiger partial charge in [0.1, 0.15) is 0 Å². The third kappa shape index (κ3) is 2.19. The molecule has 9 heavy (non-hydrogen) atoms. The predicted molar refractivity (Wildman–Crippen MR) is 40.3 cm³/mol. The predicted octanol–water partition coefficient (Wildman–Crippen LogP) is 1.97. The van der Waals surface area contributed by atoms with Gasteiger partial charge in [-0.3, -0.25) is 0 Å². The average molecular weight is 128 g/mol. The highest BCUT2D eigenvalue weighted by molar-refractivity contribution is 5.07. The third-order valence-electron chi connectivity index (χ3n) is 1.90. The lowest BCUT2D eigenvalue weighted by Gasteiger charge is -2.22. The zero-order valence-electron chi connectivity index (χ0n) is 6.73. The van der Waals surface area contributed by atoms with Gasteiger partial charge in [-0.25, -0.2) is 0 Å². The van der Waals surface area contributed by atoms with E-state index in [9.17, 15) is 0 Å². The molecule has 0 radical (unpaired) electrons. The standard InChI is InChI=1S/C8H16O/c1-5-7(2)8(3,4)6-9/h5,9H,6H2,1-4H3. The fraction of sp³-hybridized carbons (Fsp3) is 0.750. The van der Waals surface area contributed by atoms with Crippen molar-refractivity contribution in [3.8, 4) is 0 Å². The van der Waals surface area contributed by atoms with E-state index in [0.717, 1.165) is 0 Å². The Morgan fingerprint density at radius 2 is 2.00 bits per heavy atom. The van der Waals surface area contributed by atoms with Crippen molar-refractivity contribution in [2.45, 2.75) is 27.7 Å². The van der Waals surface area contributed by atoms with E-state index in [4.69, 9.17) is 5.11 Å². The molecule has 1 N–H and O–H groups in total. The van der Waals surface area contributed by atoms with Crippen LogP contribution in [0.4, 0.5) is 0 Å². The molecule has 54 valence electrons. The molecule has 0 aliphatic rings. The maximum Gasteiger partial charge on any atom is 0.0519 e. The van der Waals surface area contributed by atoms with Crippen LogP contribution < -0.4 is 0 Å². The Bertz CT molecular complexity index is 112. The van der Waals surface area contributed by atoms with E-state index in [0.29, 0.717) is 0 Å². The van der Waals surface area contributed by atoms with Crippen molar-refractivity contribution in [2.24, 2.45) is 5.41 Å². The highest BCUT2D eigenvalue weighted by Gasteiger charge is 2.16. The Labute approximate surface area is 57.4 Å². The van der Waals surface area contributed by atoms with E-state index in [1.54, 1.807) is 0 Å². The molecule has 1 nitrogen and oxygen atoms in total. The highest BCUT2D eigenvalue weighted by atomic mass is 16.3. The molecule has 0 aromatic heterocycles. The van der Waals surface area contributed by atoms with Crippen molar-refractivity contribution in [1.29, 1.82) is 0 Å². The summed E-state index contributed by atoms with van der Waals surface area (Å²) in [6.45, 7) is 8.32. The maximum atomic E-state index is 8.85. The van der Waals surface area contributed by atoms with Gasteiger partial charge in [-0.1, -0.05) is 25.5 Å². The smallest absolute Gasteiger partial charge is 0.0519 e. The zero-order chi connectivity index (χ0) is 7.49. The van der Waals surface area contributed by atoms with Crippen LogP contribution in [0.1, 0.15) is 27.7 Å². The van der Waals surface area contributed by atoms with E-state index in [-0.39, 0.29) is 12.0 Å². The number of allylic oxidation sites excluding steroid dienone is 1. The fourth-order valence-corrected chi connectivity index (χ4v) is 0.515. The van der Waals surface area contributed by atoms with E-state index in [1.165, 1.54) is 5.57 Å². The van der Waals surface area contributed by atoms with Gasteiger partial charge in [-0.05, 0) is 13.8 Å². The van der Waals surface area contributed by atoms with E-state index < -0.39 is 0 Å². The summed E-state index contributed by atoms with van der Waals surface area (Å²) < 4.78 is 0. The molecule has 0 aromatic rings. The summed E-state index contributed by atoms with van der Waals surface area (Å²) in [4.78, 5) is 0. The van der Waals surface area contributed by atoms with Crippen LogP contribution >= 0.6 is 0 Å². The van der Waals surface area contributed by atoms with Gasteiger partial charge in [-0.15, -0.1) is 0 Å². The molecule has 0 amide bonds. The summed E-state index contributed by atoms with van der Waals surface area (Å²) in [6, 6.07) is 0. The molecule has 0 aliphatic carbocycles. The van der Waals surface area contributed by atoms with Crippen LogP contribution in [-0.2, 0) is 0 Å². The first-order valence-corrected chi connectivity index (χ1v) is 3.29. The molecule has 0 rings (SSSR count). The lowest BCUT2D eigenvalue weighted by Crippen LogP contribution is -2.17. The third-order valence-corrected chi connectivity index (χ3v) is 1.90. The van der Waals surface area contributed by atoms with Crippen molar-refractivity contribution < 1.29 is 5.11 Å². The minimum Gasteiger partial charge on any atom is -0.395 e. The Kier molecular flexibility index (Phi) is 2.92. The van der Waals surface area contributed by atoms with Crippen molar-refractivity contribution in [2.75, 3.05) is 6.61 Å². The van der Waals surface area contributed by atoms with Crippen LogP contribution in [0.2, 0.25) is 0 Å². The molecule has 0 spiro atoms. The van der Waals surface area contributed by atoms with E-state index >= 15 is 0 Å². The molecule has 0 saturated carbocycles. The van der Waals surface area contributed by atoms with Gasteiger partial charge in [-0.2, -0.15) is 0 Å². The SMILES string of the molecule is CC=C(C)C(C)(C)CO. The summed E-state index contributed by atoms with van der Waals surface area (Å²) in [6.07, 6.45) is 2.04. The lowest BCUT2D eigenvalue weighted by molar-refractivity contribution is 0.190. The number of rotatable bonds is 2. The van der Waals surface area contributed by atoms with E-state index in [1.807, 2.05) is 33.8 Å². The first kappa shape index (κ1) is 8.70. The van der Waals surface area contributed by atoms with Gasteiger partial charge in [0, 0.05) is 5.41 Å². The van der Waals surface area contributed by atoms with Crippen molar-refractivity contribution in [3.63, 3.8) is 0 Å². The summed E-state index contributed by atoms with van der Waals surface area (Å²) in [5.41, 5.74) is 1.21. The summed E-state index contributed by atoms with van der Waals surface area (Å²) in [5, 5.41) is 8.85. The molecular formula is C8H16O. The zero-order valence-corrected chi connectivity index (χ0v) is 6.73. The van der Waals surface area contributed by atoms with Crippen LogP contribution in [0.3, 0.4) is 0 Å². The molecule has 0 bridgehead atoms. The Balaban J connectivity index is 4.14. The summed E-state index contributed by atoms with van der Waals surface area (Å²) in [5.74, 6) is 0. The molecule has 0 unspecified atom stereocenters. The van der Waals surface area contributed by atoms with Crippen LogP contribution in [0, 0.1) is 5.41 Å². The monoisotopic (exact) mass is 128 g/mol.